The number of pyridine rings is 2. The summed E-state index contributed by atoms with van der Waals surface area (Å²) in [6, 6.07) is 9.94. The summed E-state index contributed by atoms with van der Waals surface area (Å²) >= 11 is 0. The fraction of sp³-hybridized carbons (Fsp3) is 0.409. The van der Waals surface area contributed by atoms with Crippen LogP contribution in [-0.4, -0.2) is 115 Å². The van der Waals surface area contributed by atoms with Crippen LogP contribution >= 0.6 is 0 Å². The van der Waals surface area contributed by atoms with Crippen LogP contribution in [-0.2, 0) is 22.3 Å². The molecule has 0 saturated carbocycles. The Morgan fingerprint density at radius 3 is 1.58 bits per heavy atom. The van der Waals surface area contributed by atoms with E-state index in [1.54, 1.807) is 36.9 Å². The lowest BCUT2D eigenvalue weighted by molar-refractivity contribution is 0.0528. The lowest BCUT2D eigenvalue weighted by Crippen LogP contribution is -2.42. The molecule has 0 aromatic carbocycles. The maximum absolute atomic E-state index is 14.5. The molecule has 4 aliphatic heterocycles. The molecule has 62 heavy (non-hydrogen) atoms. The van der Waals surface area contributed by atoms with Gasteiger partial charge in [-0.3, -0.25) is 0 Å². The second kappa shape index (κ2) is 17.9. The Kier molecular flexibility index (Phi) is 11.8. The predicted molar refractivity (Wildman–Crippen MR) is 229 cm³/mol. The Hall–Kier alpha value is -6.40. The minimum atomic E-state index is -0.475. The van der Waals surface area contributed by atoms with Crippen LogP contribution < -0.4 is 19.6 Å². The predicted octanol–water partition coefficient (Wildman–Crippen LogP) is 5.63. The number of morpholine rings is 2. The average Bonchev–Trinajstić information content (AvgIpc) is 3.29. The summed E-state index contributed by atoms with van der Waals surface area (Å²) < 4.78 is 40.2. The summed E-state index contributed by atoms with van der Waals surface area (Å²) in [6.07, 6.45) is 12.0. The molecule has 10 rings (SSSR count). The zero-order valence-electron chi connectivity index (χ0n) is 35.1. The first-order chi connectivity index (χ1) is 30.2. The number of ether oxygens (including phenoxy) is 2. The van der Waals surface area contributed by atoms with Gasteiger partial charge in [0.1, 0.15) is 23.3 Å². The molecule has 18 heteroatoms. The molecular formula is C44H48F2N14O2. The molecule has 2 fully saturated rings. The highest BCUT2D eigenvalue weighted by atomic mass is 19.1. The molecule has 16 nitrogen and oxygen atoms in total. The van der Waals surface area contributed by atoms with Gasteiger partial charge in [0.15, 0.2) is 23.3 Å². The zero-order valence-corrected chi connectivity index (χ0v) is 35.1. The van der Waals surface area contributed by atoms with Crippen molar-refractivity contribution in [1.29, 1.82) is 0 Å². The zero-order chi connectivity index (χ0) is 42.7. The van der Waals surface area contributed by atoms with Crippen molar-refractivity contribution in [3.63, 3.8) is 0 Å². The van der Waals surface area contributed by atoms with E-state index in [1.807, 2.05) is 32.3 Å². The standard InChI is InChI=1S/2C22H24FN7O/c1-14-13-29(8-9-31-14)16-10-19(23)28-20(11-16)30-7-4-18-17(15(30)2)12-26-22(27-18)21-24-5-3-6-25-21;1-14-13-29(8-9-31-14)19-10-16(23)11-20(28-19)30-7-4-18-17(15(30)2)12-26-22(27-18)21-24-5-3-6-25-21/h2*3,5-6,10-12,14-15H,4,7-9,13H2,1-2H3. The molecule has 0 spiro atoms. The smallest absolute Gasteiger partial charge is 0.216 e. The first kappa shape index (κ1) is 41.0. The number of fused-ring (bicyclic) bond motifs is 2. The van der Waals surface area contributed by atoms with Gasteiger partial charge >= 0.3 is 0 Å². The summed E-state index contributed by atoms with van der Waals surface area (Å²) in [6.45, 7) is 13.7. The van der Waals surface area contributed by atoms with E-state index >= 15 is 0 Å². The van der Waals surface area contributed by atoms with Crippen molar-refractivity contribution in [1.82, 2.24) is 49.8 Å². The number of halogens is 2. The Morgan fingerprint density at radius 2 is 1.03 bits per heavy atom. The first-order valence-corrected chi connectivity index (χ1v) is 21.0. The van der Waals surface area contributed by atoms with Crippen molar-refractivity contribution in [2.75, 3.05) is 72.1 Å². The number of hydrogen-bond acceptors (Lipinski definition) is 16. The van der Waals surface area contributed by atoms with Crippen molar-refractivity contribution < 1.29 is 18.3 Å². The lowest BCUT2D eigenvalue weighted by atomic mass is 9.99. The quantitative estimate of drug-likeness (QED) is 0.190. The highest BCUT2D eigenvalue weighted by Gasteiger charge is 2.30. The van der Waals surface area contributed by atoms with Gasteiger partial charge in [0, 0.05) is 130 Å². The molecule has 2 saturated heterocycles. The van der Waals surface area contributed by atoms with Gasteiger partial charge in [-0.2, -0.15) is 4.39 Å². The third kappa shape index (κ3) is 8.83. The molecule has 0 amide bonds. The van der Waals surface area contributed by atoms with Crippen molar-refractivity contribution in [3.05, 3.63) is 108 Å². The van der Waals surface area contributed by atoms with E-state index in [0.29, 0.717) is 93.0 Å². The van der Waals surface area contributed by atoms with Crippen LogP contribution in [0.15, 0.2) is 73.6 Å². The van der Waals surface area contributed by atoms with E-state index in [2.05, 4.69) is 68.3 Å². The second-order valence-corrected chi connectivity index (χ2v) is 15.8. The van der Waals surface area contributed by atoms with Crippen LogP contribution in [0.25, 0.3) is 23.3 Å². The molecule has 6 aromatic rings. The lowest BCUT2D eigenvalue weighted by Gasteiger charge is -2.37. The van der Waals surface area contributed by atoms with Crippen molar-refractivity contribution in [2.24, 2.45) is 0 Å². The number of aromatic nitrogens is 10. The van der Waals surface area contributed by atoms with Crippen LogP contribution in [0, 0.1) is 11.8 Å². The molecule has 4 aliphatic rings. The van der Waals surface area contributed by atoms with Gasteiger partial charge in [-0.15, -0.1) is 0 Å². The molecule has 6 aromatic heterocycles. The van der Waals surface area contributed by atoms with Crippen molar-refractivity contribution in [3.8, 4) is 23.3 Å². The fourth-order valence-corrected chi connectivity index (χ4v) is 8.46. The normalized spacial score (nSPS) is 21.1. The molecular weight excluding hydrogens is 795 g/mol. The van der Waals surface area contributed by atoms with Crippen molar-refractivity contribution >= 4 is 23.1 Å². The molecule has 4 unspecified atom stereocenters. The van der Waals surface area contributed by atoms with E-state index in [0.717, 1.165) is 41.3 Å². The van der Waals surface area contributed by atoms with Crippen LogP contribution in [0.1, 0.15) is 62.3 Å². The van der Waals surface area contributed by atoms with Gasteiger partial charge in [0.2, 0.25) is 5.95 Å². The molecule has 0 bridgehead atoms. The molecule has 0 aliphatic carbocycles. The number of nitrogens with zero attached hydrogens (tertiary/aromatic N) is 14. The third-order valence-corrected chi connectivity index (χ3v) is 11.6. The SMILES string of the molecule is CC1CN(c2cc(F)cc(N3CCc4nc(-c5ncccn5)ncc4C3C)n2)CCO1.CC1CN(c2cc(F)nc(N3CCc4nc(-c5ncccn5)ncc4C3C)c2)CCO1. The summed E-state index contributed by atoms with van der Waals surface area (Å²) in [4.78, 5) is 52.8. The molecule has 320 valence electrons. The second-order valence-electron chi connectivity index (χ2n) is 15.8. The van der Waals surface area contributed by atoms with E-state index < -0.39 is 5.95 Å². The highest BCUT2D eigenvalue weighted by molar-refractivity contribution is 5.58. The maximum atomic E-state index is 14.5. The Labute approximate surface area is 358 Å². The number of rotatable bonds is 6. The number of anilines is 4. The summed E-state index contributed by atoms with van der Waals surface area (Å²) in [5.74, 6) is 3.21. The monoisotopic (exact) mass is 842 g/mol. The van der Waals surface area contributed by atoms with E-state index in [9.17, 15) is 8.78 Å². The fourth-order valence-electron chi connectivity index (χ4n) is 8.46. The summed E-state index contributed by atoms with van der Waals surface area (Å²) in [5.41, 5.74) is 4.81. The summed E-state index contributed by atoms with van der Waals surface area (Å²) in [5, 5.41) is 0. The van der Waals surface area contributed by atoms with Crippen molar-refractivity contribution in [2.45, 2.75) is 64.8 Å². The Bertz CT molecular complexity index is 2330. The molecule has 10 heterocycles. The van der Waals surface area contributed by atoms with E-state index in [1.165, 1.54) is 18.2 Å². The number of hydrogen-bond donors (Lipinski definition) is 0. The molecule has 4 atom stereocenters. The van der Waals surface area contributed by atoms with Crippen LogP contribution in [0.2, 0.25) is 0 Å². The van der Waals surface area contributed by atoms with Gasteiger partial charge in [-0.1, -0.05) is 0 Å². The molecule has 0 N–H and O–H groups in total. The van der Waals surface area contributed by atoms with E-state index in [4.69, 9.17) is 24.4 Å². The third-order valence-electron chi connectivity index (χ3n) is 11.6. The Balaban J connectivity index is 0.000000158. The minimum absolute atomic E-state index is 0.0275. The molecule has 0 radical (unpaired) electrons. The topological polar surface area (TPSA) is 160 Å². The highest BCUT2D eigenvalue weighted by Crippen LogP contribution is 2.36. The van der Waals surface area contributed by atoms with Crippen LogP contribution in [0.5, 0.6) is 0 Å². The van der Waals surface area contributed by atoms with Gasteiger partial charge in [0.25, 0.3) is 0 Å². The largest absolute Gasteiger partial charge is 0.375 e. The average molecular weight is 843 g/mol. The van der Waals surface area contributed by atoms with Gasteiger partial charge in [-0.25, -0.2) is 54.2 Å². The minimum Gasteiger partial charge on any atom is -0.375 e. The van der Waals surface area contributed by atoms with Gasteiger partial charge in [0.05, 0.1) is 48.9 Å². The first-order valence-electron chi connectivity index (χ1n) is 21.0. The Morgan fingerprint density at radius 1 is 0.532 bits per heavy atom. The maximum Gasteiger partial charge on any atom is 0.216 e. The van der Waals surface area contributed by atoms with Crippen LogP contribution in [0.4, 0.5) is 31.9 Å². The summed E-state index contributed by atoms with van der Waals surface area (Å²) in [7, 11) is 0. The van der Waals surface area contributed by atoms with Gasteiger partial charge < -0.3 is 29.1 Å². The van der Waals surface area contributed by atoms with E-state index in [-0.39, 0.29) is 30.1 Å². The van der Waals surface area contributed by atoms with Gasteiger partial charge in [-0.05, 0) is 39.8 Å². The van der Waals surface area contributed by atoms with Crippen LogP contribution in [0.3, 0.4) is 0 Å².